The summed E-state index contributed by atoms with van der Waals surface area (Å²) in [5, 5.41) is 3.72. The van der Waals surface area contributed by atoms with Gasteiger partial charge in [-0.2, -0.15) is 5.10 Å². The summed E-state index contributed by atoms with van der Waals surface area (Å²) in [4.78, 5) is 22.7. The van der Waals surface area contributed by atoms with Gasteiger partial charge in [-0.1, -0.05) is 0 Å². The Labute approximate surface area is 126 Å². The second kappa shape index (κ2) is 7.63. The monoisotopic (exact) mass is 302 g/mol. The first kappa shape index (κ1) is 15.3. The highest BCUT2D eigenvalue weighted by Gasteiger charge is 2.10. The van der Waals surface area contributed by atoms with Crippen LogP contribution in [-0.2, 0) is 4.74 Å². The van der Waals surface area contributed by atoms with E-state index in [2.05, 4.69) is 15.3 Å². The van der Waals surface area contributed by atoms with Gasteiger partial charge < -0.3 is 13.9 Å². The molecule has 22 heavy (non-hydrogen) atoms. The molecule has 0 aliphatic heterocycles. The minimum absolute atomic E-state index is 0.129. The molecule has 1 N–H and O–H groups in total. The number of carbonyl (C=O) groups is 2. The molecule has 114 valence electrons. The van der Waals surface area contributed by atoms with Gasteiger partial charge >= 0.3 is 12.1 Å². The van der Waals surface area contributed by atoms with Crippen LogP contribution in [0.3, 0.4) is 0 Å². The molecule has 1 aromatic carbocycles. The fraction of sp³-hybridized carbons (Fsp3) is 0.133. The Morgan fingerprint density at radius 3 is 2.68 bits per heavy atom. The van der Waals surface area contributed by atoms with E-state index in [1.807, 2.05) is 0 Å². The van der Waals surface area contributed by atoms with Gasteiger partial charge in [0.1, 0.15) is 5.75 Å². The van der Waals surface area contributed by atoms with Crippen molar-refractivity contribution in [2.24, 2.45) is 5.10 Å². The highest BCUT2D eigenvalue weighted by molar-refractivity contribution is 5.88. The van der Waals surface area contributed by atoms with E-state index in [1.165, 1.54) is 18.5 Å². The normalized spacial score (nSPS) is 10.4. The first-order chi connectivity index (χ1) is 10.7. The Morgan fingerprint density at radius 2 is 2.05 bits per heavy atom. The fourth-order valence-electron chi connectivity index (χ4n) is 1.50. The zero-order chi connectivity index (χ0) is 15.8. The third-order valence-corrected chi connectivity index (χ3v) is 2.46. The predicted octanol–water partition coefficient (Wildman–Crippen LogP) is 2.58. The van der Waals surface area contributed by atoms with Gasteiger partial charge in [-0.25, -0.2) is 15.0 Å². The quantitative estimate of drug-likeness (QED) is 0.397. The van der Waals surface area contributed by atoms with Gasteiger partial charge in [-0.3, -0.25) is 0 Å². The molecule has 0 saturated heterocycles. The summed E-state index contributed by atoms with van der Waals surface area (Å²) < 4.78 is 14.7. The van der Waals surface area contributed by atoms with Crippen LogP contribution in [0.2, 0.25) is 0 Å². The highest BCUT2D eigenvalue weighted by Crippen LogP contribution is 2.13. The summed E-state index contributed by atoms with van der Waals surface area (Å²) in [5.74, 6) is -0.0726. The molecule has 0 aliphatic carbocycles. The Bertz CT molecular complexity index is 647. The maximum atomic E-state index is 11.7. The third-order valence-electron chi connectivity index (χ3n) is 2.46. The molecular weight excluding hydrogens is 288 g/mol. The molecule has 0 spiro atoms. The number of amides is 1. The zero-order valence-corrected chi connectivity index (χ0v) is 11.8. The van der Waals surface area contributed by atoms with Crippen LogP contribution in [-0.4, -0.2) is 24.9 Å². The van der Waals surface area contributed by atoms with Crippen molar-refractivity contribution < 1.29 is 23.5 Å². The fourth-order valence-corrected chi connectivity index (χ4v) is 1.50. The first-order valence-electron chi connectivity index (χ1n) is 6.50. The number of rotatable bonds is 5. The molecule has 0 aliphatic rings. The van der Waals surface area contributed by atoms with E-state index in [0.717, 1.165) is 5.56 Å². The van der Waals surface area contributed by atoms with Crippen molar-refractivity contribution >= 4 is 18.3 Å². The smallest absolute Gasteiger partial charge is 0.427 e. The molecule has 0 fully saturated rings. The molecule has 0 unspecified atom stereocenters. The first-order valence-corrected chi connectivity index (χ1v) is 6.50. The lowest BCUT2D eigenvalue weighted by Gasteiger charge is -2.02. The van der Waals surface area contributed by atoms with E-state index in [0.29, 0.717) is 5.75 Å². The molecule has 1 heterocycles. The predicted molar refractivity (Wildman–Crippen MR) is 77.9 cm³/mol. The highest BCUT2D eigenvalue weighted by atomic mass is 16.6. The topological polar surface area (TPSA) is 90.1 Å². The number of hydrogen-bond acceptors (Lipinski definition) is 6. The lowest BCUT2D eigenvalue weighted by atomic mass is 10.2. The van der Waals surface area contributed by atoms with Crippen LogP contribution in [0.4, 0.5) is 4.79 Å². The van der Waals surface area contributed by atoms with Crippen LogP contribution in [0.1, 0.15) is 23.0 Å². The summed E-state index contributed by atoms with van der Waals surface area (Å²) in [6.45, 7) is 1.98. The van der Waals surface area contributed by atoms with Crippen molar-refractivity contribution in [3.8, 4) is 5.75 Å². The number of ether oxygens (including phenoxy) is 2. The largest absolute Gasteiger partial charge is 0.457 e. The summed E-state index contributed by atoms with van der Waals surface area (Å²) >= 11 is 0. The molecule has 2 rings (SSSR count). The van der Waals surface area contributed by atoms with E-state index in [-0.39, 0.29) is 12.4 Å². The van der Waals surface area contributed by atoms with E-state index in [4.69, 9.17) is 9.15 Å². The van der Waals surface area contributed by atoms with Gasteiger partial charge in [-0.15, -0.1) is 0 Å². The third kappa shape index (κ3) is 4.48. The molecule has 7 nitrogen and oxygen atoms in total. The van der Waals surface area contributed by atoms with Gasteiger partial charge in [0, 0.05) is 0 Å². The molecule has 2 aromatic rings. The second-order valence-electron chi connectivity index (χ2n) is 4.03. The summed E-state index contributed by atoms with van der Waals surface area (Å²) in [7, 11) is 0. The zero-order valence-electron chi connectivity index (χ0n) is 11.8. The average Bonchev–Trinajstić information content (AvgIpc) is 3.04. The molecule has 0 bridgehead atoms. The maximum Gasteiger partial charge on any atom is 0.427 e. The Balaban J connectivity index is 1.89. The number of carbonyl (C=O) groups excluding carboxylic acids is 2. The van der Waals surface area contributed by atoms with E-state index < -0.39 is 12.1 Å². The summed E-state index contributed by atoms with van der Waals surface area (Å²) in [6, 6.07) is 9.69. The van der Waals surface area contributed by atoms with Crippen molar-refractivity contribution in [2.75, 3.05) is 6.61 Å². The Morgan fingerprint density at radius 1 is 1.27 bits per heavy atom. The minimum atomic E-state index is -0.622. The molecule has 1 amide bonds. The lowest BCUT2D eigenvalue weighted by Crippen LogP contribution is -2.18. The Kier molecular flexibility index (Phi) is 5.31. The molecule has 0 atom stereocenters. The van der Waals surface area contributed by atoms with Crippen LogP contribution in [0.15, 0.2) is 52.2 Å². The van der Waals surface area contributed by atoms with Gasteiger partial charge in [0.25, 0.3) is 0 Å². The van der Waals surface area contributed by atoms with Crippen LogP contribution >= 0.6 is 0 Å². The lowest BCUT2D eigenvalue weighted by molar-refractivity contribution is 0.0701. The van der Waals surface area contributed by atoms with Crippen LogP contribution < -0.4 is 10.2 Å². The second-order valence-corrected chi connectivity index (χ2v) is 4.03. The van der Waals surface area contributed by atoms with E-state index >= 15 is 0 Å². The maximum absolute atomic E-state index is 11.7. The number of esters is 1. The van der Waals surface area contributed by atoms with Crippen molar-refractivity contribution in [2.45, 2.75) is 6.92 Å². The summed E-state index contributed by atoms with van der Waals surface area (Å²) in [6.07, 6.45) is 2.21. The number of nitrogens with one attached hydrogen (secondary N) is 1. The van der Waals surface area contributed by atoms with Crippen molar-refractivity contribution in [1.82, 2.24) is 5.43 Å². The van der Waals surface area contributed by atoms with Crippen molar-refractivity contribution in [1.29, 1.82) is 0 Å². The minimum Gasteiger partial charge on any atom is -0.457 e. The van der Waals surface area contributed by atoms with E-state index in [1.54, 1.807) is 37.3 Å². The van der Waals surface area contributed by atoms with Crippen molar-refractivity contribution in [3.05, 3.63) is 54.0 Å². The number of hydrogen-bond donors (Lipinski definition) is 1. The van der Waals surface area contributed by atoms with E-state index in [9.17, 15) is 9.59 Å². The standard InChI is InChI=1S/C15H14N2O5/c1-2-20-15(19)17-16-10-11-5-7-12(8-6-11)22-14(18)13-4-3-9-21-13/h3-10H,2H2,1H3,(H,17,19). The number of nitrogens with zero attached hydrogens (tertiary/aromatic N) is 1. The Hall–Kier alpha value is -3.09. The molecular formula is C15H14N2O5. The number of hydrazone groups is 1. The number of furan rings is 1. The van der Waals surface area contributed by atoms with Gasteiger partial charge in [0.2, 0.25) is 5.76 Å². The van der Waals surface area contributed by atoms with Gasteiger partial charge in [0.05, 0.1) is 19.1 Å². The molecule has 0 radical (unpaired) electrons. The van der Waals surface area contributed by atoms with Crippen LogP contribution in [0.25, 0.3) is 0 Å². The van der Waals surface area contributed by atoms with Gasteiger partial charge in [0.15, 0.2) is 0 Å². The van der Waals surface area contributed by atoms with Gasteiger partial charge in [-0.05, 0) is 48.9 Å². The van der Waals surface area contributed by atoms with Crippen LogP contribution in [0.5, 0.6) is 5.75 Å². The van der Waals surface area contributed by atoms with Crippen LogP contribution in [0, 0.1) is 0 Å². The average molecular weight is 302 g/mol. The summed E-state index contributed by atoms with van der Waals surface area (Å²) in [5.41, 5.74) is 2.93. The van der Waals surface area contributed by atoms with Crippen molar-refractivity contribution in [3.63, 3.8) is 0 Å². The molecule has 7 heteroatoms. The SMILES string of the molecule is CCOC(=O)NN=Cc1ccc(OC(=O)c2ccco2)cc1. The molecule has 1 aromatic heterocycles. The molecule has 0 saturated carbocycles. The number of benzene rings is 1.